The minimum Gasteiger partial charge on any atom is -0.458 e. The van der Waals surface area contributed by atoms with Gasteiger partial charge < -0.3 is 14.7 Å². The number of allylic oxidation sites excluding steroid dienone is 1. The molecule has 1 saturated carbocycles. The third kappa shape index (κ3) is 2.29. The summed E-state index contributed by atoms with van der Waals surface area (Å²) in [5, 5.41) is 15.6. The van der Waals surface area contributed by atoms with Crippen LogP contribution in [0.1, 0.15) is 38.7 Å². The number of rotatable bonds is 1. The van der Waals surface area contributed by atoms with Gasteiger partial charge in [-0.1, -0.05) is 28.0 Å². The molecule has 0 bridgehead atoms. The molecule has 0 radical (unpaired) electrons. The van der Waals surface area contributed by atoms with Crippen LogP contribution in [-0.2, 0) is 19.2 Å². The van der Waals surface area contributed by atoms with Gasteiger partial charge in [-0.05, 0) is 56.0 Å². The van der Waals surface area contributed by atoms with Crippen molar-refractivity contribution in [1.29, 1.82) is 0 Å². The maximum Gasteiger partial charge on any atom is 0.354 e. The average molecular weight is 478 g/mol. The number of halogens is 2. The van der Waals surface area contributed by atoms with Gasteiger partial charge in [-0.25, -0.2) is 9.18 Å². The Morgan fingerprint density at radius 3 is 2.83 bits per heavy atom. The number of benzene rings is 1. The Hall–Kier alpha value is -2.06. The Labute approximate surface area is 181 Å². The first-order valence-corrected chi connectivity index (χ1v) is 10.8. The number of esters is 1. The van der Waals surface area contributed by atoms with Gasteiger partial charge in [-0.15, -0.1) is 0 Å². The van der Waals surface area contributed by atoms with Crippen molar-refractivity contribution in [3.63, 3.8) is 0 Å². The summed E-state index contributed by atoms with van der Waals surface area (Å²) in [6, 6.07) is 4.24. The predicted octanol–water partition coefficient (Wildman–Crippen LogP) is 3.30. The summed E-state index contributed by atoms with van der Waals surface area (Å²) >= 11 is 3.40. The summed E-state index contributed by atoms with van der Waals surface area (Å²) in [4.78, 5) is 31.8. The Kier molecular flexibility index (Phi) is 4.13. The molecule has 6 nitrogen and oxygen atoms in total. The van der Waals surface area contributed by atoms with Crippen LogP contribution in [0.3, 0.4) is 0 Å². The fourth-order valence-corrected chi connectivity index (χ4v) is 6.13. The quantitative estimate of drug-likeness (QED) is 0.627. The van der Waals surface area contributed by atoms with Crippen LogP contribution in [0.15, 0.2) is 40.0 Å². The predicted molar refractivity (Wildman–Crippen MR) is 108 cm³/mol. The number of ketones is 1. The molecule has 1 aromatic carbocycles. The lowest BCUT2D eigenvalue weighted by atomic mass is 9.63. The molecule has 6 atom stereocenters. The number of aliphatic hydroxyl groups is 1. The number of ether oxygens (including phenoxy) is 1. The number of nitrogens with zero attached hydrogens (tertiary/aromatic N) is 1. The van der Waals surface area contributed by atoms with Crippen LogP contribution in [-0.4, -0.2) is 39.9 Å². The van der Waals surface area contributed by atoms with Crippen LogP contribution >= 0.6 is 15.9 Å². The number of hydrogen-bond acceptors (Lipinski definition) is 6. The Bertz CT molecular complexity index is 1040. The Balaban J connectivity index is 1.55. The molecule has 30 heavy (non-hydrogen) atoms. The normalized spacial score (nSPS) is 41.9. The molecule has 1 saturated heterocycles. The Morgan fingerprint density at radius 1 is 1.30 bits per heavy atom. The second-order valence-electron chi connectivity index (χ2n) is 8.96. The van der Waals surface area contributed by atoms with Crippen molar-refractivity contribution in [3.05, 3.63) is 46.2 Å². The zero-order valence-electron chi connectivity index (χ0n) is 16.5. The fourth-order valence-electron chi connectivity index (χ4n) is 5.66. The lowest BCUT2D eigenvalue weighted by molar-refractivity contribution is -0.169. The first-order valence-electron chi connectivity index (χ1n) is 10.0. The van der Waals surface area contributed by atoms with Gasteiger partial charge >= 0.3 is 5.97 Å². The number of fused-ring (bicyclic) bond motifs is 4. The van der Waals surface area contributed by atoms with Crippen LogP contribution < -0.4 is 0 Å². The second-order valence-corrected chi connectivity index (χ2v) is 9.81. The van der Waals surface area contributed by atoms with E-state index < -0.39 is 40.4 Å². The Morgan fingerprint density at radius 2 is 2.07 bits per heavy atom. The van der Waals surface area contributed by atoms with Gasteiger partial charge in [-0.2, -0.15) is 0 Å². The average Bonchev–Trinajstić information content (AvgIpc) is 3.33. The summed E-state index contributed by atoms with van der Waals surface area (Å²) in [6.07, 6.45) is 3.32. The molecule has 5 rings (SSSR count). The standard InChI is InChI=1S/C22H21BrFNO5/c1-11-3-5-14-18(20(2)17(26)7-8-22(11,20)28)29-19(27)21(14)10-16(25-30-21)13-9-12(24)4-6-15(13)23/h4,6-9,11,14,18,28H,3,5,10H2,1-2H3/t11-,14?,18?,20-,21?,22+/m0/s1. The monoisotopic (exact) mass is 477 g/mol. The first-order chi connectivity index (χ1) is 14.1. The fraction of sp³-hybridized carbons (Fsp3) is 0.500. The molecular formula is C22H21BrFNO5. The van der Waals surface area contributed by atoms with Gasteiger partial charge in [0.05, 0.1) is 11.6 Å². The molecule has 0 amide bonds. The zero-order valence-corrected chi connectivity index (χ0v) is 18.1. The third-order valence-corrected chi connectivity index (χ3v) is 8.29. The zero-order chi connectivity index (χ0) is 21.5. The van der Waals surface area contributed by atoms with E-state index in [4.69, 9.17) is 9.57 Å². The molecule has 8 heteroatoms. The van der Waals surface area contributed by atoms with E-state index in [1.807, 2.05) is 6.92 Å². The summed E-state index contributed by atoms with van der Waals surface area (Å²) in [5.41, 5.74) is -3.14. The molecule has 1 N–H and O–H groups in total. The van der Waals surface area contributed by atoms with Crippen molar-refractivity contribution >= 4 is 33.4 Å². The van der Waals surface area contributed by atoms with Crippen molar-refractivity contribution in [2.45, 2.75) is 50.4 Å². The molecule has 2 fully saturated rings. The number of oxime groups is 1. The highest BCUT2D eigenvalue weighted by Gasteiger charge is 2.73. The van der Waals surface area contributed by atoms with Gasteiger partial charge in [0.2, 0.25) is 5.60 Å². The topological polar surface area (TPSA) is 85.2 Å². The molecule has 1 spiro atoms. The highest BCUT2D eigenvalue weighted by molar-refractivity contribution is 9.10. The third-order valence-electron chi connectivity index (χ3n) is 7.60. The first kappa shape index (κ1) is 19.9. The molecule has 2 aliphatic carbocycles. The lowest BCUT2D eigenvalue weighted by Gasteiger charge is -2.43. The number of carbonyl (C=O) groups is 2. The van der Waals surface area contributed by atoms with E-state index in [9.17, 15) is 19.1 Å². The van der Waals surface area contributed by atoms with Crippen LogP contribution in [0.4, 0.5) is 4.39 Å². The van der Waals surface area contributed by atoms with E-state index in [1.54, 1.807) is 19.1 Å². The van der Waals surface area contributed by atoms with Crippen LogP contribution in [0.2, 0.25) is 0 Å². The smallest absolute Gasteiger partial charge is 0.354 e. The van der Waals surface area contributed by atoms with Gasteiger partial charge in [0, 0.05) is 16.5 Å². The van der Waals surface area contributed by atoms with Gasteiger partial charge in [0.15, 0.2) is 5.78 Å². The van der Waals surface area contributed by atoms with E-state index in [0.29, 0.717) is 28.6 Å². The van der Waals surface area contributed by atoms with Crippen molar-refractivity contribution in [1.82, 2.24) is 0 Å². The van der Waals surface area contributed by atoms with Crippen molar-refractivity contribution in [2.24, 2.45) is 22.4 Å². The second kappa shape index (κ2) is 6.23. The molecule has 0 aromatic heterocycles. The summed E-state index contributed by atoms with van der Waals surface area (Å²) in [7, 11) is 0. The van der Waals surface area contributed by atoms with Crippen LogP contribution in [0.5, 0.6) is 0 Å². The van der Waals surface area contributed by atoms with Gasteiger partial charge in [0.1, 0.15) is 22.9 Å². The largest absolute Gasteiger partial charge is 0.458 e. The highest BCUT2D eigenvalue weighted by atomic mass is 79.9. The number of carbonyl (C=O) groups excluding carboxylic acids is 2. The molecule has 4 aliphatic rings. The number of hydrogen-bond donors (Lipinski definition) is 1. The van der Waals surface area contributed by atoms with E-state index in [-0.39, 0.29) is 18.1 Å². The lowest BCUT2D eigenvalue weighted by Crippen LogP contribution is -2.57. The van der Waals surface area contributed by atoms with Gasteiger partial charge in [-0.3, -0.25) is 4.79 Å². The molecule has 158 valence electrons. The maximum absolute atomic E-state index is 13.8. The molecule has 2 aliphatic heterocycles. The van der Waals surface area contributed by atoms with E-state index in [1.165, 1.54) is 18.2 Å². The summed E-state index contributed by atoms with van der Waals surface area (Å²) in [5.74, 6) is -1.95. The molecule has 1 aromatic rings. The van der Waals surface area contributed by atoms with Crippen molar-refractivity contribution < 1.29 is 28.7 Å². The minimum atomic E-state index is -1.40. The maximum atomic E-state index is 13.8. The van der Waals surface area contributed by atoms with Gasteiger partial charge in [0.25, 0.3) is 0 Å². The van der Waals surface area contributed by atoms with Crippen molar-refractivity contribution in [2.75, 3.05) is 0 Å². The molecular weight excluding hydrogens is 457 g/mol. The van der Waals surface area contributed by atoms with E-state index in [2.05, 4.69) is 21.1 Å². The van der Waals surface area contributed by atoms with Crippen LogP contribution in [0, 0.1) is 23.1 Å². The van der Waals surface area contributed by atoms with E-state index in [0.717, 1.165) is 0 Å². The minimum absolute atomic E-state index is 0.111. The molecule has 2 heterocycles. The van der Waals surface area contributed by atoms with E-state index >= 15 is 0 Å². The summed E-state index contributed by atoms with van der Waals surface area (Å²) in [6.45, 7) is 3.57. The SMILES string of the molecule is C[C@H]1CCC2C(OC(=O)C23CC(c2cc(F)ccc2Br)=NO3)[C@]2(C)C(=O)C=C[C@@]12O. The van der Waals surface area contributed by atoms with Crippen molar-refractivity contribution in [3.8, 4) is 0 Å². The van der Waals surface area contributed by atoms with Crippen LogP contribution in [0.25, 0.3) is 0 Å². The summed E-state index contributed by atoms with van der Waals surface area (Å²) < 4.78 is 20.2. The highest BCUT2D eigenvalue weighted by Crippen LogP contribution is 2.59. The molecule has 3 unspecified atom stereocenters.